The Labute approximate surface area is 192 Å². The number of hydrogen-bond acceptors (Lipinski definition) is 6. The molecule has 0 spiro atoms. The van der Waals surface area contributed by atoms with Crippen LogP contribution < -0.4 is 9.61 Å². The third kappa shape index (κ3) is 6.77. The minimum atomic E-state index is -4.60. The molecule has 0 unspecified atom stereocenters. The molecule has 0 aliphatic heterocycles. The predicted octanol–water partition coefficient (Wildman–Crippen LogP) is 4.21. The Morgan fingerprint density at radius 2 is 1.79 bits per heavy atom. The first kappa shape index (κ1) is 24.2. The van der Waals surface area contributed by atoms with Crippen LogP contribution in [0.5, 0.6) is 5.75 Å². The van der Waals surface area contributed by atoms with Crippen molar-refractivity contribution in [3.63, 3.8) is 0 Å². The first-order valence-electron chi connectivity index (χ1n) is 9.18. The maximum absolute atomic E-state index is 12.7. The number of carbonyl (C=O) groups excluding carboxylic acids is 1. The van der Waals surface area contributed by atoms with Gasteiger partial charge in [0.05, 0.1) is 18.2 Å². The molecule has 2 aromatic carbocycles. The number of amides is 1. The lowest BCUT2D eigenvalue weighted by molar-refractivity contribution is -0.137. The van der Waals surface area contributed by atoms with Crippen molar-refractivity contribution in [2.45, 2.75) is 17.5 Å². The highest BCUT2D eigenvalue weighted by Gasteiger charge is 2.31. The van der Waals surface area contributed by atoms with Gasteiger partial charge in [0.25, 0.3) is 0 Å². The molecule has 3 aromatic rings. The van der Waals surface area contributed by atoms with Crippen LogP contribution in [0.1, 0.15) is 16.7 Å². The third-order valence-electron chi connectivity index (χ3n) is 4.14. The fourth-order valence-corrected chi connectivity index (χ4v) is 3.62. The van der Waals surface area contributed by atoms with E-state index in [9.17, 15) is 26.4 Å². The zero-order chi connectivity index (χ0) is 24.1. The fourth-order valence-electron chi connectivity index (χ4n) is 2.55. The second-order valence-electron chi connectivity index (χ2n) is 6.56. The SMILES string of the molecule is O=C(Cc1ccc(Cl)nc1)N/N=C/c1ccccc1OS(=O)(=O)c1ccc(C(F)(F)F)cc1. The molecule has 0 radical (unpaired) electrons. The first-order valence-corrected chi connectivity index (χ1v) is 11.0. The Balaban J connectivity index is 1.69. The molecular formula is C21H15ClF3N3O4S. The highest BCUT2D eigenvalue weighted by Crippen LogP contribution is 2.30. The van der Waals surface area contributed by atoms with E-state index < -0.39 is 32.7 Å². The van der Waals surface area contributed by atoms with Gasteiger partial charge in [-0.1, -0.05) is 29.8 Å². The highest BCUT2D eigenvalue weighted by molar-refractivity contribution is 7.87. The quantitative estimate of drug-likeness (QED) is 0.228. The maximum atomic E-state index is 12.7. The third-order valence-corrected chi connectivity index (χ3v) is 5.61. The van der Waals surface area contributed by atoms with E-state index in [1.807, 2.05) is 0 Å². The van der Waals surface area contributed by atoms with Gasteiger partial charge in [-0.2, -0.15) is 26.7 Å². The molecular weight excluding hydrogens is 483 g/mol. The van der Waals surface area contributed by atoms with Crippen molar-refractivity contribution in [2.75, 3.05) is 0 Å². The molecule has 12 heteroatoms. The van der Waals surface area contributed by atoms with E-state index in [2.05, 4.69) is 15.5 Å². The minimum Gasteiger partial charge on any atom is -0.378 e. The summed E-state index contributed by atoms with van der Waals surface area (Å²) >= 11 is 5.69. The number of carbonyl (C=O) groups is 1. The molecule has 0 aliphatic rings. The molecule has 0 fully saturated rings. The summed E-state index contributed by atoms with van der Waals surface area (Å²) in [6, 6.07) is 12.0. The van der Waals surface area contributed by atoms with E-state index in [0.717, 1.165) is 12.1 Å². The number of benzene rings is 2. The standard InChI is InChI=1S/C21H15ClF3N3O4S/c22-19-10-5-14(12-26-19)11-20(29)28-27-13-15-3-1-2-4-18(15)32-33(30,31)17-8-6-16(7-9-17)21(23,24)25/h1-10,12-13H,11H2,(H,28,29)/b27-13+. The average Bonchev–Trinajstić information content (AvgIpc) is 2.76. The molecule has 0 bridgehead atoms. The van der Waals surface area contributed by atoms with Crippen LogP contribution in [0.15, 0.2) is 76.9 Å². The molecule has 1 N–H and O–H groups in total. The van der Waals surface area contributed by atoms with E-state index in [1.165, 1.54) is 36.7 Å². The van der Waals surface area contributed by atoms with Crippen molar-refractivity contribution >= 4 is 33.8 Å². The summed E-state index contributed by atoms with van der Waals surface area (Å²) in [5.74, 6) is -0.580. The molecule has 7 nitrogen and oxygen atoms in total. The second-order valence-corrected chi connectivity index (χ2v) is 8.49. The van der Waals surface area contributed by atoms with Gasteiger partial charge in [-0.15, -0.1) is 0 Å². The van der Waals surface area contributed by atoms with Crippen LogP contribution in [-0.2, 0) is 27.5 Å². The van der Waals surface area contributed by atoms with Crippen molar-refractivity contribution in [1.29, 1.82) is 0 Å². The molecule has 0 atom stereocenters. The number of pyridine rings is 1. The van der Waals surface area contributed by atoms with Crippen molar-refractivity contribution in [3.8, 4) is 5.75 Å². The highest BCUT2D eigenvalue weighted by atomic mass is 35.5. The zero-order valence-corrected chi connectivity index (χ0v) is 18.2. The average molecular weight is 498 g/mol. The molecule has 1 aromatic heterocycles. The summed E-state index contributed by atoms with van der Waals surface area (Å²) in [5, 5.41) is 4.08. The molecule has 0 saturated heterocycles. The number of hydrogen-bond donors (Lipinski definition) is 1. The van der Waals surface area contributed by atoms with Gasteiger partial charge >= 0.3 is 16.3 Å². The van der Waals surface area contributed by atoms with Gasteiger partial charge in [0.15, 0.2) is 5.75 Å². The van der Waals surface area contributed by atoms with E-state index in [0.29, 0.717) is 22.8 Å². The van der Waals surface area contributed by atoms with Crippen molar-refractivity contribution < 1.29 is 30.6 Å². The normalized spacial score (nSPS) is 12.0. The van der Waals surface area contributed by atoms with Gasteiger partial charge in [0, 0.05) is 11.8 Å². The van der Waals surface area contributed by atoms with Gasteiger partial charge in [0.1, 0.15) is 10.0 Å². The Hall–Kier alpha value is -3.44. The summed E-state index contributed by atoms with van der Waals surface area (Å²) in [5.41, 5.74) is 2.13. The lowest BCUT2D eigenvalue weighted by Crippen LogP contribution is -2.20. The van der Waals surface area contributed by atoms with Crippen LogP contribution in [-0.4, -0.2) is 25.5 Å². The van der Waals surface area contributed by atoms with Crippen LogP contribution in [0.4, 0.5) is 13.2 Å². The van der Waals surface area contributed by atoms with Crippen LogP contribution in [0.2, 0.25) is 5.15 Å². The van der Waals surface area contributed by atoms with Gasteiger partial charge < -0.3 is 4.18 Å². The lowest BCUT2D eigenvalue weighted by atomic mass is 10.2. The van der Waals surface area contributed by atoms with E-state index in [-0.39, 0.29) is 17.7 Å². The molecule has 1 heterocycles. The summed E-state index contributed by atoms with van der Waals surface area (Å²) < 4.78 is 68.1. The van der Waals surface area contributed by atoms with Crippen molar-refractivity contribution in [1.82, 2.24) is 10.4 Å². The Kier molecular flexibility index (Phi) is 7.34. The van der Waals surface area contributed by atoms with Crippen LogP contribution in [0, 0.1) is 0 Å². The topological polar surface area (TPSA) is 97.7 Å². The van der Waals surface area contributed by atoms with Gasteiger partial charge in [-0.25, -0.2) is 10.4 Å². The number of alkyl halides is 3. The van der Waals surface area contributed by atoms with Gasteiger partial charge in [-0.3, -0.25) is 4.79 Å². The number of hydrazone groups is 1. The number of nitrogens with zero attached hydrogens (tertiary/aromatic N) is 2. The van der Waals surface area contributed by atoms with Crippen LogP contribution in [0.3, 0.4) is 0 Å². The Morgan fingerprint density at radius 3 is 2.42 bits per heavy atom. The van der Waals surface area contributed by atoms with Crippen molar-refractivity contribution in [3.05, 3.63) is 88.7 Å². The van der Waals surface area contributed by atoms with Gasteiger partial charge in [0.2, 0.25) is 5.91 Å². The summed E-state index contributed by atoms with van der Waals surface area (Å²) in [7, 11) is -4.42. The Bertz CT molecular complexity index is 1260. The first-order chi connectivity index (χ1) is 15.5. The lowest BCUT2D eigenvalue weighted by Gasteiger charge is -2.11. The smallest absolute Gasteiger partial charge is 0.378 e. The summed E-state index contributed by atoms with van der Waals surface area (Å²) in [4.78, 5) is 15.4. The van der Waals surface area contributed by atoms with Crippen LogP contribution in [0.25, 0.3) is 0 Å². The fraction of sp³-hybridized carbons (Fsp3) is 0.0952. The van der Waals surface area contributed by atoms with Gasteiger partial charge in [-0.05, 0) is 48.0 Å². The monoisotopic (exact) mass is 497 g/mol. The maximum Gasteiger partial charge on any atom is 0.416 e. The number of rotatable bonds is 7. The summed E-state index contributed by atoms with van der Waals surface area (Å²) in [6.07, 6.45) is -1.99. The molecule has 33 heavy (non-hydrogen) atoms. The zero-order valence-electron chi connectivity index (χ0n) is 16.6. The second kappa shape index (κ2) is 10.0. The molecule has 0 saturated carbocycles. The number of para-hydroxylation sites is 1. The number of halogens is 4. The largest absolute Gasteiger partial charge is 0.416 e. The van der Waals surface area contributed by atoms with E-state index >= 15 is 0 Å². The van der Waals surface area contributed by atoms with E-state index in [1.54, 1.807) is 12.1 Å². The summed E-state index contributed by atoms with van der Waals surface area (Å²) in [6.45, 7) is 0. The molecule has 3 rings (SSSR count). The number of aromatic nitrogens is 1. The Morgan fingerprint density at radius 1 is 1.09 bits per heavy atom. The molecule has 0 aliphatic carbocycles. The van der Waals surface area contributed by atoms with E-state index in [4.69, 9.17) is 15.8 Å². The molecule has 1 amide bonds. The minimum absolute atomic E-state index is 0.0119. The molecule has 172 valence electrons. The number of nitrogens with one attached hydrogen (secondary N) is 1. The van der Waals surface area contributed by atoms with Crippen molar-refractivity contribution in [2.24, 2.45) is 5.10 Å². The predicted molar refractivity (Wildman–Crippen MR) is 114 cm³/mol. The van der Waals surface area contributed by atoms with Crippen LogP contribution >= 0.6 is 11.6 Å².